The van der Waals surface area contributed by atoms with Gasteiger partial charge >= 0.3 is 5.97 Å². The fourth-order valence-electron chi connectivity index (χ4n) is 2.11. The molecular formula is C16H23N3O2. The first-order chi connectivity index (χ1) is 10.3. The fourth-order valence-corrected chi connectivity index (χ4v) is 2.11. The Morgan fingerprint density at radius 2 is 2.10 bits per heavy atom. The van der Waals surface area contributed by atoms with Gasteiger partial charge in [-0.3, -0.25) is 9.36 Å². The highest BCUT2D eigenvalue weighted by molar-refractivity contribution is 5.81. The number of nitrogens with zero attached hydrogens (tertiary/aromatic N) is 2. The van der Waals surface area contributed by atoms with Crippen LogP contribution in [0.1, 0.15) is 33.1 Å². The molecule has 1 heterocycles. The Bertz CT molecular complexity index is 592. The number of ether oxygens (including phenoxy) is 1. The molecule has 114 valence electrons. The van der Waals surface area contributed by atoms with E-state index in [1.165, 1.54) is 0 Å². The molecule has 2 rings (SSSR count). The molecule has 5 nitrogen and oxygen atoms in total. The number of aromatic nitrogens is 2. The number of para-hydroxylation sites is 2. The van der Waals surface area contributed by atoms with Crippen LogP contribution in [0.25, 0.3) is 11.0 Å². The molecule has 0 saturated carbocycles. The molecule has 1 aromatic heterocycles. The maximum atomic E-state index is 12.0. The van der Waals surface area contributed by atoms with Crippen LogP contribution in [0.4, 0.5) is 5.95 Å². The van der Waals surface area contributed by atoms with Gasteiger partial charge < -0.3 is 10.1 Å². The standard InChI is InChI=1S/C16H23N3O2/c1-3-5-11-21-15(20)12-19-14-9-7-6-8-13(14)18-16(19)17-10-4-2/h6-9H,3-5,10-12H2,1-2H3,(H,17,18). The number of hydrogen-bond donors (Lipinski definition) is 1. The van der Waals surface area contributed by atoms with Crippen LogP contribution >= 0.6 is 0 Å². The average molecular weight is 289 g/mol. The van der Waals surface area contributed by atoms with E-state index >= 15 is 0 Å². The highest BCUT2D eigenvalue weighted by atomic mass is 16.5. The lowest BCUT2D eigenvalue weighted by atomic mass is 10.3. The number of esters is 1. The molecule has 5 heteroatoms. The van der Waals surface area contributed by atoms with E-state index in [1.54, 1.807) is 0 Å². The molecule has 2 aromatic rings. The van der Waals surface area contributed by atoms with E-state index in [1.807, 2.05) is 28.8 Å². The molecule has 0 bridgehead atoms. The maximum Gasteiger partial charge on any atom is 0.326 e. The SMILES string of the molecule is CCCCOC(=O)Cn1c(NCCC)nc2ccccc21. The third-order valence-electron chi connectivity index (χ3n) is 3.24. The molecule has 0 fully saturated rings. The molecule has 0 atom stereocenters. The van der Waals surface area contributed by atoms with Crippen LogP contribution < -0.4 is 5.32 Å². The zero-order valence-electron chi connectivity index (χ0n) is 12.8. The van der Waals surface area contributed by atoms with Crippen LogP contribution in [0.2, 0.25) is 0 Å². The Balaban J connectivity index is 2.17. The smallest absolute Gasteiger partial charge is 0.326 e. The average Bonchev–Trinajstić information content (AvgIpc) is 2.83. The van der Waals surface area contributed by atoms with E-state index < -0.39 is 0 Å². The molecule has 0 aliphatic heterocycles. The molecule has 0 amide bonds. The van der Waals surface area contributed by atoms with Crippen LogP contribution in [-0.4, -0.2) is 28.7 Å². The Morgan fingerprint density at radius 3 is 2.86 bits per heavy atom. The first-order valence-electron chi connectivity index (χ1n) is 7.61. The quantitative estimate of drug-likeness (QED) is 0.599. The van der Waals surface area contributed by atoms with Crippen LogP contribution in [0, 0.1) is 0 Å². The van der Waals surface area contributed by atoms with Crippen molar-refractivity contribution in [3.63, 3.8) is 0 Å². The first-order valence-corrected chi connectivity index (χ1v) is 7.61. The molecule has 1 N–H and O–H groups in total. The summed E-state index contributed by atoms with van der Waals surface area (Å²) < 4.78 is 7.14. The normalized spacial score (nSPS) is 10.8. The number of unbranched alkanes of at least 4 members (excludes halogenated alkanes) is 1. The molecule has 0 spiro atoms. The largest absolute Gasteiger partial charge is 0.464 e. The van der Waals surface area contributed by atoms with E-state index in [2.05, 4.69) is 24.1 Å². The van der Waals surface area contributed by atoms with Gasteiger partial charge in [0.25, 0.3) is 0 Å². The number of nitrogens with one attached hydrogen (secondary N) is 1. The number of carbonyl (C=O) groups excluding carboxylic acids is 1. The molecule has 0 unspecified atom stereocenters. The van der Waals surface area contributed by atoms with Gasteiger partial charge in [0.15, 0.2) is 0 Å². The van der Waals surface area contributed by atoms with E-state index in [-0.39, 0.29) is 12.5 Å². The zero-order valence-corrected chi connectivity index (χ0v) is 12.8. The number of benzene rings is 1. The second-order valence-electron chi connectivity index (χ2n) is 5.01. The summed E-state index contributed by atoms with van der Waals surface area (Å²) in [4.78, 5) is 16.5. The Hall–Kier alpha value is -2.04. The first kappa shape index (κ1) is 15.4. The third kappa shape index (κ3) is 3.97. The molecule has 0 aliphatic carbocycles. The molecule has 21 heavy (non-hydrogen) atoms. The predicted molar refractivity (Wildman–Crippen MR) is 84.4 cm³/mol. The van der Waals surface area contributed by atoms with Crippen molar-refractivity contribution in [3.05, 3.63) is 24.3 Å². The summed E-state index contributed by atoms with van der Waals surface area (Å²) in [6, 6.07) is 7.82. The predicted octanol–water partition coefficient (Wildman–Crippen LogP) is 3.20. The second kappa shape index (κ2) is 7.67. The summed E-state index contributed by atoms with van der Waals surface area (Å²) in [6.45, 7) is 5.67. The van der Waals surface area contributed by atoms with Crippen molar-refractivity contribution >= 4 is 23.0 Å². The van der Waals surface area contributed by atoms with Crippen molar-refractivity contribution < 1.29 is 9.53 Å². The van der Waals surface area contributed by atoms with Crippen LogP contribution in [-0.2, 0) is 16.1 Å². The number of fused-ring (bicyclic) bond motifs is 1. The fraction of sp³-hybridized carbons (Fsp3) is 0.500. The summed E-state index contributed by atoms with van der Waals surface area (Å²) in [7, 11) is 0. The molecular weight excluding hydrogens is 266 g/mol. The van der Waals surface area contributed by atoms with Crippen LogP contribution in [0.15, 0.2) is 24.3 Å². The van der Waals surface area contributed by atoms with Crippen molar-refractivity contribution in [2.75, 3.05) is 18.5 Å². The van der Waals surface area contributed by atoms with E-state index in [9.17, 15) is 4.79 Å². The summed E-state index contributed by atoms with van der Waals surface area (Å²) >= 11 is 0. The van der Waals surface area contributed by atoms with Gasteiger partial charge in [-0.25, -0.2) is 4.98 Å². The lowest BCUT2D eigenvalue weighted by Gasteiger charge is -2.10. The van der Waals surface area contributed by atoms with Crippen LogP contribution in [0.3, 0.4) is 0 Å². The van der Waals surface area contributed by atoms with Gasteiger partial charge in [0.2, 0.25) is 5.95 Å². The third-order valence-corrected chi connectivity index (χ3v) is 3.24. The lowest BCUT2D eigenvalue weighted by molar-refractivity contribution is -0.144. The minimum Gasteiger partial charge on any atom is -0.464 e. The maximum absolute atomic E-state index is 12.0. The van der Waals surface area contributed by atoms with Gasteiger partial charge in [-0.05, 0) is 25.0 Å². The Labute approximate surface area is 125 Å². The van der Waals surface area contributed by atoms with Crippen molar-refractivity contribution in [1.82, 2.24) is 9.55 Å². The van der Waals surface area contributed by atoms with Crippen molar-refractivity contribution in [2.45, 2.75) is 39.7 Å². The zero-order chi connectivity index (χ0) is 15.1. The number of carbonyl (C=O) groups is 1. The highest BCUT2D eigenvalue weighted by Crippen LogP contribution is 2.19. The Morgan fingerprint density at radius 1 is 1.29 bits per heavy atom. The van der Waals surface area contributed by atoms with Gasteiger partial charge in [-0.15, -0.1) is 0 Å². The van der Waals surface area contributed by atoms with Gasteiger partial charge in [0.1, 0.15) is 6.54 Å². The van der Waals surface area contributed by atoms with Gasteiger partial charge in [0.05, 0.1) is 17.6 Å². The topological polar surface area (TPSA) is 56.1 Å². The van der Waals surface area contributed by atoms with E-state index in [0.29, 0.717) is 6.61 Å². The summed E-state index contributed by atoms with van der Waals surface area (Å²) in [6.07, 6.45) is 2.92. The lowest BCUT2D eigenvalue weighted by Crippen LogP contribution is -2.17. The second-order valence-corrected chi connectivity index (χ2v) is 5.01. The molecule has 0 aliphatic rings. The monoisotopic (exact) mass is 289 g/mol. The van der Waals surface area contributed by atoms with Gasteiger partial charge in [-0.2, -0.15) is 0 Å². The molecule has 0 radical (unpaired) electrons. The van der Waals surface area contributed by atoms with Crippen molar-refractivity contribution in [2.24, 2.45) is 0 Å². The number of anilines is 1. The minimum absolute atomic E-state index is 0.191. The summed E-state index contributed by atoms with van der Waals surface area (Å²) in [5, 5.41) is 3.27. The minimum atomic E-state index is -0.217. The Kier molecular flexibility index (Phi) is 5.60. The number of hydrogen-bond acceptors (Lipinski definition) is 4. The number of rotatable bonds is 8. The molecule has 1 aromatic carbocycles. The van der Waals surface area contributed by atoms with Gasteiger partial charge in [0, 0.05) is 6.54 Å². The van der Waals surface area contributed by atoms with Crippen LogP contribution in [0.5, 0.6) is 0 Å². The summed E-state index contributed by atoms with van der Waals surface area (Å²) in [5.41, 5.74) is 1.83. The van der Waals surface area contributed by atoms with E-state index in [0.717, 1.165) is 42.8 Å². The number of imidazole rings is 1. The van der Waals surface area contributed by atoms with Crippen molar-refractivity contribution in [3.8, 4) is 0 Å². The van der Waals surface area contributed by atoms with Gasteiger partial charge in [-0.1, -0.05) is 32.4 Å². The molecule has 0 saturated heterocycles. The highest BCUT2D eigenvalue weighted by Gasteiger charge is 2.13. The summed E-state index contributed by atoms with van der Waals surface area (Å²) in [5.74, 6) is 0.511. The van der Waals surface area contributed by atoms with Crippen molar-refractivity contribution in [1.29, 1.82) is 0 Å². The van der Waals surface area contributed by atoms with E-state index in [4.69, 9.17) is 4.74 Å².